The predicted octanol–water partition coefficient (Wildman–Crippen LogP) is 2.19. The lowest BCUT2D eigenvalue weighted by atomic mass is 10.1. The van der Waals surface area contributed by atoms with Crippen LogP contribution < -0.4 is 4.90 Å². The summed E-state index contributed by atoms with van der Waals surface area (Å²) in [6.07, 6.45) is -2.34. The molecule has 1 rings (SSSR count). The average molecular weight is 215 g/mol. The monoisotopic (exact) mass is 215 g/mol. The Hall–Kier alpha value is -1.16. The zero-order chi connectivity index (χ0) is 11.4. The first-order valence-electron chi connectivity index (χ1n) is 4.74. The third-order valence-corrected chi connectivity index (χ3v) is 2.27. The summed E-state index contributed by atoms with van der Waals surface area (Å²) in [6.45, 7) is 1.54. The molecule has 0 atom stereocenters. The van der Waals surface area contributed by atoms with Crippen LogP contribution in [0.15, 0.2) is 18.2 Å². The molecule has 0 saturated carbocycles. The van der Waals surface area contributed by atoms with E-state index < -0.39 is 6.43 Å². The molecule has 84 valence electrons. The van der Waals surface area contributed by atoms with Crippen molar-refractivity contribution < 1.29 is 13.9 Å². The van der Waals surface area contributed by atoms with Crippen LogP contribution in [0.1, 0.15) is 11.1 Å². The predicted molar refractivity (Wildman–Crippen MR) is 56.4 cm³/mol. The van der Waals surface area contributed by atoms with Gasteiger partial charge in [-0.2, -0.15) is 0 Å². The Morgan fingerprint density at radius 1 is 1.40 bits per heavy atom. The smallest absolute Gasteiger partial charge is 0.255 e. The maximum Gasteiger partial charge on any atom is 0.255 e. The molecular weight excluding hydrogens is 200 g/mol. The van der Waals surface area contributed by atoms with E-state index in [0.717, 1.165) is 16.8 Å². The standard InChI is InChI=1S/C11H15F2NO/c1-8-5-9(7-15)3-4-10(8)14(2)6-11(12)13/h3-5,11,15H,6-7H2,1-2H3. The summed E-state index contributed by atoms with van der Waals surface area (Å²) in [5, 5.41) is 8.90. The lowest BCUT2D eigenvalue weighted by molar-refractivity contribution is 0.156. The highest BCUT2D eigenvalue weighted by molar-refractivity contribution is 5.53. The van der Waals surface area contributed by atoms with Crippen LogP contribution >= 0.6 is 0 Å². The highest BCUT2D eigenvalue weighted by atomic mass is 19.3. The first-order valence-corrected chi connectivity index (χ1v) is 4.74. The van der Waals surface area contributed by atoms with E-state index in [1.165, 1.54) is 4.90 Å². The van der Waals surface area contributed by atoms with Crippen molar-refractivity contribution in [2.75, 3.05) is 18.5 Å². The Morgan fingerprint density at radius 2 is 2.07 bits per heavy atom. The number of anilines is 1. The molecule has 0 aliphatic carbocycles. The van der Waals surface area contributed by atoms with Crippen LogP contribution in [0, 0.1) is 6.92 Å². The van der Waals surface area contributed by atoms with E-state index in [-0.39, 0.29) is 13.2 Å². The molecule has 2 nitrogen and oxygen atoms in total. The van der Waals surface area contributed by atoms with E-state index in [2.05, 4.69) is 0 Å². The topological polar surface area (TPSA) is 23.5 Å². The number of benzene rings is 1. The summed E-state index contributed by atoms with van der Waals surface area (Å²) in [5.74, 6) is 0. The van der Waals surface area contributed by atoms with Crippen molar-refractivity contribution in [2.45, 2.75) is 20.0 Å². The maximum absolute atomic E-state index is 12.2. The van der Waals surface area contributed by atoms with Crippen LogP contribution in [0.25, 0.3) is 0 Å². The molecule has 15 heavy (non-hydrogen) atoms. The lowest BCUT2D eigenvalue weighted by Crippen LogP contribution is -2.24. The molecular formula is C11H15F2NO. The Labute approximate surface area is 88.1 Å². The van der Waals surface area contributed by atoms with Crippen LogP contribution in [0.3, 0.4) is 0 Å². The van der Waals surface area contributed by atoms with Gasteiger partial charge in [-0.05, 0) is 24.1 Å². The SMILES string of the molecule is Cc1cc(CO)ccc1N(C)CC(F)F. The number of aliphatic hydroxyl groups excluding tert-OH is 1. The molecule has 0 spiro atoms. The van der Waals surface area contributed by atoms with E-state index in [4.69, 9.17) is 5.11 Å². The van der Waals surface area contributed by atoms with Crippen LogP contribution in [0.2, 0.25) is 0 Å². The minimum absolute atomic E-state index is 0.0281. The number of rotatable bonds is 4. The summed E-state index contributed by atoms with van der Waals surface area (Å²) >= 11 is 0. The summed E-state index contributed by atoms with van der Waals surface area (Å²) in [5.41, 5.74) is 2.46. The molecule has 0 aliphatic heterocycles. The van der Waals surface area contributed by atoms with E-state index in [0.29, 0.717) is 0 Å². The molecule has 0 amide bonds. The average Bonchev–Trinajstić information content (AvgIpc) is 2.16. The molecule has 0 bridgehead atoms. The fourth-order valence-electron chi connectivity index (χ4n) is 1.55. The zero-order valence-corrected chi connectivity index (χ0v) is 8.87. The molecule has 0 heterocycles. The van der Waals surface area contributed by atoms with Crippen molar-refractivity contribution in [3.63, 3.8) is 0 Å². The van der Waals surface area contributed by atoms with Crippen molar-refractivity contribution >= 4 is 5.69 Å². The molecule has 1 aromatic rings. The molecule has 0 saturated heterocycles. The Balaban J connectivity index is 2.85. The second-order valence-corrected chi connectivity index (χ2v) is 3.55. The summed E-state index contributed by atoms with van der Waals surface area (Å²) in [4.78, 5) is 1.52. The molecule has 0 radical (unpaired) electrons. The van der Waals surface area contributed by atoms with Crippen molar-refractivity contribution in [2.24, 2.45) is 0 Å². The van der Waals surface area contributed by atoms with Crippen LogP contribution in [0.4, 0.5) is 14.5 Å². The highest BCUT2D eigenvalue weighted by Crippen LogP contribution is 2.20. The quantitative estimate of drug-likeness (QED) is 0.832. The number of nitrogens with zero attached hydrogens (tertiary/aromatic N) is 1. The van der Waals surface area contributed by atoms with Crippen LogP contribution in [-0.2, 0) is 6.61 Å². The summed E-state index contributed by atoms with van der Waals surface area (Å²) in [7, 11) is 1.63. The van der Waals surface area contributed by atoms with Gasteiger partial charge in [0.05, 0.1) is 13.2 Å². The normalized spacial score (nSPS) is 10.8. The number of halogens is 2. The first kappa shape index (κ1) is 11.9. The minimum Gasteiger partial charge on any atom is -0.392 e. The lowest BCUT2D eigenvalue weighted by Gasteiger charge is -2.21. The van der Waals surface area contributed by atoms with Crippen molar-refractivity contribution in [3.8, 4) is 0 Å². The molecule has 1 N–H and O–H groups in total. The number of aryl methyl sites for hydroxylation is 1. The van der Waals surface area contributed by atoms with Gasteiger partial charge in [-0.15, -0.1) is 0 Å². The molecule has 0 aliphatic rings. The van der Waals surface area contributed by atoms with Gasteiger partial charge < -0.3 is 10.0 Å². The number of hydrogen-bond donors (Lipinski definition) is 1. The van der Waals surface area contributed by atoms with Gasteiger partial charge in [-0.25, -0.2) is 8.78 Å². The van der Waals surface area contributed by atoms with Gasteiger partial charge in [-0.1, -0.05) is 12.1 Å². The highest BCUT2D eigenvalue weighted by Gasteiger charge is 2.10. The van der Waals surface area contributed by atoms with Gasteiger partial charge in [0, 0.05) is 12.7 Å². The third-order valence-electron chi connectivity index (χ3n) is 2.27. The Bertz CT molecular complexity index is 328. The van der Waals surface area contributed by atoms with Gasteiger partial charge in [0.15, 0.2) is 0 Å². The second kappa shape index (κ2) is 5.07. The largest absolute Gasteiger partial charge is 0.392 e. The maximum atomic E-state index is 12.2. The third kappa shape index (κ3) is 3.16. The molecule has 0 aromatic heterocycles. The van der Waals surface area contributed by atoms with E-state index in [1.54, 1.807) is 25.2 Å². The van der Waals surface area contributed by atoms with Gasteiger partial charge >= 0.3 is 0 Å². The van der Waals surface area contributed by atoms with E-state index in [1.807, 2.05) is 6.92 Å². The van der Waals surface area contributed by atoms with Crippen molar-refractivity contribution in [1.29, 1.82) is 0 Å². The van der Waals surface area contributed by atoms with Gasteiger partial charge in [0.2, 0.25) is 0 Å². The number of aliphatic hydroxyl groups is 1. The number of alkyl halides is 2. The fraction of sp³-hybridized carbons (Fsp3) is 0.455. The minimum atomic E-state index is -2.34. The van der Waals surface area contributed by atoms with Crippen LogP contribution in [-0.4, -0.2) is 25.1 Å². The molecule has 4 heteroatoms. The summed E-state index contributed by atoms with van der Waals surface area (Å²) < 4.78 is 24.3. The Kier molecular flexibility index (Phi) is 4.03. The first-order chi connectivity index (χ1) is 7.04. The molecule has 0 fully saturated rings. The summed E-state index contributed by atoms with van der Waals surface area (Å²) in [6, 6.07) is 5.30. The fourth-order valence-corrected chi connectivity index (χ4v) is 1.55. The van der Waals surface area contributed by atoms with Crippen molar-refractivity contribution in [1.82, 2.24) is 0 Å². The van der Waals surface area contributed by atoms with Gasteiger partial charge in [-0.3, -0.25) is 0 Å². The molecule has 1 aromatic carbocycles. The van der Waals surface area contributed by atoms with E-state index >= 15 is 0 Å². The van der Waals surface area contributed by atoms with Crippen molar-refractivity contribution in [3.05, 3.63) is 29.3 Å². The molecule has 0 unspecified atom stereocenters. The number of hydrogen-bond acceptors (Lipinski definition) is 2. The van der Waals surface area contributed by atoms with Gasteiger partial charge in [0.25, 0.3) is 6.43 Å². The zero-order valence-electron chi connectivity index (χ0n) is 8.87. The Morgan fingerprint density at radius 3 is 2.53 bits per heavy atom. The van der Waals surface area contributed by atoms with E-state index in [9.17, 15) is 8.78 Å². The van der Waals surface area contributed by atoms with Gasteiger partial charge in [0.1, 0.15) is 0 Å². The van der Waals surface area contributed by atoms with Crippen LogP contribution in [0.5, 0.6) is 0 Å². The second-order valence-electron chi connectivity index (χ2n) is 3.55.